The molecule has 1 N–H and O–H groups in total. The molecule has 9 heteroatoms. The maximum Gasteiger partial charge on any atom is 0.278 e. The minimum Gasteiger partial charge on any atom is -0.288 e. The number of aromatic nitrogens is 7. The summed E-state index contributed by atoms with van der Waals surface area (Å²) in [6.45, 7) is 7.01. The standard InChI is InChI=1S/C20H22N8O/c1-14-6-4-5-7-17(14)11-27-12-21-20(25-27)22-19(29)18-8-9-26(24-18)13-28-16(3)10-15(2)23-28/h4-10,12H,11,13H2,1-3H3,(H,22,25,29). The Bertz CT molecular complexity index is 1150. The predicted octanol–water partition coefficient (Wildman–Crippen LogP) is 2.40. The zero-order valence-corrected chi connectivity index (χ0v) is 16.6. The van der Waals surface area contributed by atoms with Gasteiger partial charge in [0.1, 0.15) is 13.0 Å². The number of amides is 1. The number of carbonyl (C=O) groups excluding carboxylic acids is 1. The highest BCUT2D eigenvalue weighted by molar-refractivity contribution is 6.01. The van der Waals surface area contributed by atoms with Crippen molar-refractivity contribution in [2.45, 2.75) is 34.0 Å². The maximum atomic E-state index is 12.5. The summed E-state index contributed by atoms with van der Waals surface area (Å²) in [5.41, 5.74) is 4.61. The van der Waals surface area contributed by atoms with Crippen molar-refractivity contribution in [1.82, 2.24) is 34.3 Å². The average molecular weight is 390 g/mol. The van der Waals surface area contributed by atoms with Gasteiger partial charge in [0.25, 0.3) is 5.91 Å². The fourth-order valence-corrected chi connectivity index (χ4v) is 3.07. The molecule has 0 unspecified atom stereocenters. The van der Waals surface area contributed by atoms with Crippen LogP contribution in [0.25, 0.3) is 0 Å². The number of hydrogen-bond donors (Lipinski definition) is 1. The molecule has 0 fully saturated rings. The van der Waals surface area contributed by atoms with E-state index in [1.54, 1.807) is 28.0 Å². The molecule has 0 aliphatic rings. The quantitative estimate of drug-likeness (QED) is 0.545. The van der Waals surface area contributed by atoms with Crippen LogP contribution in [-0.2, 0) is 13.2 Å². The number of aryl methyl sites for hydroxylation is 3. The van der Waals surface area contributed by atoms with Crippen LogP contribution >= 0.6 is 0 Å². The second-order valence-electron chi connectivity index (χ2n) is 6.95. The van der Waals surface area contributed by atoms with Gasteiger partial charge >= 0.3 is 0 Å². The van der Waals surface area contributed by atoms with E-state index in [4.69, 9.17) is 0 Å². The van der Waals surface area contributed by atoms with Crippen molar-refractivity contribution in [2.24, 2.45) is 0 Å². The van der Waals surface area contributed by atoms with Gasteiger partial charge in [0.05, 0.1) is 12.2 Å². The Hall–Kier alpha value is -3.75. The van der Waals surface area contributed by atoms with Gasteiger partial charge in [0.2, 0.25) is 5.95 Å². The largest absolute Gasteiger partial charge is 0.288 e. The minimum atomic E-state index is -0.356. The van der Waals surface area contributed by atoms with Crippen molar-refractivity contribution < 1.29 is 4.79 Å². The summed E-state index contributed by atoms with van der Waals surface area (Å²) in [6, 6.07) is 11.7. The first-order valence-electron chi connectivity index (χ1n) is 9.28. The van der Waals surface area contributed by atoms with Gasteiger partial charge in [0.15, 0.2) is 5.69 Å². The van der Waals surface area contributed by atoms with E-state index < -0.39 is 0 Å². The van der Waals surface area contributed by atoms with Gasteiger partial charge in [-0.15, -0.1) is 5.10 Å². The number of rotatable bonds is 6. The molecular weight excluding hydrogens is 368 g/mol. The van der Waals surface area contributed by atoms with E-state index in [0.29, 0.717) is 18.9 Å². The Balaban J connectivity index is 1.40. The van der Waals surface area contributed by atoms with Crippen LogP contribution in [0, 0.1) is 20.8 Å². The SMILES string of the molecule is Cc1cc(C)n(Cn2ccc(C(=O)Nc3ncn(Cc4ccccc4C)n3)n2)n1. The van der Waals surface area contributed by atoms with Crippen LogP contribution in [0.4, 0.5) is 5.95 Å². The monoisotopic (exact) mass is 390 g/mol. The van der Waals surface area contributed by atoms with E-state index in [2.05, 4.69) is 38.6 Å². The van der Waals surface area contributed by atoms with Crippen LogP contribution in [0.5, 0.6) is 0 Å². The molecule has 0 aliphatic heterocycles. The van der Waals surface area contributed by atoms with Crippen LogP contribution in [0.1, 0.15) is 33.0 Å². The summed E-state index contributed by atoms with van der Waals surface area (Å²) < 4.78 is 5.19. The molecule has 9 nitrogen and oxygen atoms in total. The zero-order valence-electron chi connectivity index (χ0n) is 16.6. The molecule has 1 aromatic carbocycles. The molecule has 0 aliphatic carbocycles. The van der Waals surface area contributed by atoms with E-state index in [-0.39, 0.29) is 11.9 Å². The van der Waals surface area contributed by atoms with Crippen molar-refractivity contribution in [3.8, 4) is 0 Å². The molecule has 4 rings (SSSR count). The number of anilines is 1. The molecule has 0 atom stereocenters. The van der Waals surface area contributed by atoms with Crippen LogP contribution in [0.3, 0.4) is 0 Å². The third kappa shape index (κ3) is 4.23. The average Bonchev–Trinajstić information content (AvgIpc) is 3.39. The molecule has 3 heterocycles. The first-order chi connectivity index (χ1) is 14.0. The molecular formula is C20H22N8O. The lowest BCUT2D eigenvalue weighted by atomic mass is 10.1. The fraction of sp³-hybridized carbons (Fsp3) is 0.250. The molecule has 4 aromatic rings. The number of nitrogens with one attached hydrogen (secondary N) is 1. The highest BCUT2D eigenvalue weighted by Crippen LogP contribution is 2.10. The second kappa shape index (κ2) is 7.70. The normalized spacial score (nSPS) is 11.0. The summed E-state index contributed by atoms with van der Waals surface area (Å²) in [5, 5.41) is 15.7. The van der Waals surface area contributed by atoms with E-state index >= 15 is 0 Å². The van der Waals surface area contributed by atoms with Gasteiger partial charge in [-0.05, 0) is 44.0 Å². The fourth-order valence-electron chi connectivity index (χ4n) is 3.07. The maximum absolute atomic E-state index is 12.5. The molecule has 0 saturated heterocycles. The molecule has 0 bridgehead atoms. The van der Waals surface area contributed by atoms with Crippen molar-refractivity contribution in [1.29, 1.82) is 0 Å². The van der Waals surface area contributed by atoms with E-state index in [1.807, 2.05) is 42.8 Å². The molecule has 1 amide bonds. The summed E-state index contributed by atoms with van der Waals surface area (Å²) in [4.78, 5) is 16.6. The highest BCUT2D eigenvalue weighted by atomic mass is 16.2. The van der Waals surface area contributed by atoms with E-state index in [0.717, 1.165) is 17.0 Å². The third-order valence-electron chi connectivity index (χ3n) is 4.61. The van der Waals surface area contributed by atoms with Crippen LogP contribution < -0.4 is 5.32 Å². The summed E-state index contributed by atoms with van der Waals surface area (Å²) >= 11 is 0. The van der Waals surface area contributed by atoms with Gasteiger partial charge < -0.3 is 0 Å². The zero-order chi connectivity index (χ0) is 20.4. The molecule has 0 spiro atoms. The number of hydrogen-bond acceptors (Lipinski definition) is 5. The summed E-state index contributed by atoms with van der Waals surface area (Å²) in [5.74, 6) is -0.109. The van der Waals surface area contributed by atoms with Crippen molar-refractivity contribution >= 4 is 11.9 Å². The van der Waals surface area contributed by atoms with Crippen LogP contribution in [0.2, 0.25) is 0 Å². The smallest absolute Gasteiger partial charge is 0.278 e. The van der Waals surface area contributed by atoms with Gasteiger partial charge in [-0.3, -0.25) is 14.8 Å². The first-order valence-corrected chi connectivity index (χ1v) is 9.28. The minimum absolute atomic E-state index is 0.247. The van der Waals surface area contributed by atoms with E-state index in [1.165, 1.54) is 5.56 Å². The molecule has 29 heavy (non-hydrogen) atoms. The molecule has 0 radical (unpaired) electrons. The lowest BCUT2D eigenvalue weighted by Crippen LogP contribution is -2.16. The Morgan fingerprint density at radius 1 is 1.03 bits per heavy atom. The molecule has 148 valence electrons. The van der Waals surface area contributed by atoms with Gasteiger partial charge in [-0.1, -0.05) is 24.3 Å². The van der Waals surface area contributed by atoms with Crippen molar-refractivity contribution in [3.05, 3.63) is 77.1 Å². The highest BCUT2D eigenvalue weighted by Gasteiger charge is 2.13. The van der Waals surface area contributed by atoms with Crippen molar-refractivity contribution in [3.63, 3.8) is 0 Å². The predicted molar refractivity (Wildman–Crippen MR) is 108 cm³/mol. The summed E-state index contributed by atoms with van der Waals surface area (Å²) in [6.07, 6.45) is 3.35. The van der Waals surface area contributed by atoms with Crippen molar-refractivity contribution in [2.75, 3.05) is 5.32 Å². The Kier molecular flexibility index (Phi) is 4.94. The summed E-state index contributed by atoms with van der Waals surface area (Å²) in [7, 11) is 0. The van der Waals surface area contributed by atoms with E-state index in [9.17, 15) is 4.79 Å². The lowest BCUT2D eigenvalue weighted by Gasteiger charge is -2.05. The Morgan fingerprint density at radius 3 is 2.62 bits per heavy atom. The van der Waals surface area contributed by atoms with Gasteiger partial charge in [0, 0.05) is 11.9 Å². The molecule has 3 aromatic heterocycles. The Morgan fingerprint density at radius 2 is 1.86 bits per heavy atom. The number of carbonyl (C=O) groups is 1. The lowest BCUT2D eigenvalue weighted by molar-refractivity contribution is 0.102. The number of nitrogens with zero attached hydrogens (tertiary/aromatic N) is 7. The molecule has 0 saturated carbocycles. The first kappa shape index (κ1) is 18.6. The Labute approximate surface area is 168 Å². The second-order valence-corrected chi connectivity index (χ2v) is 6.95. The van der Waals surface area contributed by atoms with Crippen LogP contribution in [-0.4, -0.2) is 40.2 Å². The third-order valence-corrected chi connectivity index (χ3v) is 4.61. The van der Waals surface area contributed by atoms with Gasteiger partial charge in [-0.2, -0.15) is 10.2 Å². The van der Waals surface area contributed by atoms with Gasteiger partial charge in [-0.25, -0.2) is 14.3 Å². The topological polar surface area (TPSA) is 95.5 Å². The van der Waals surface area contributed by atoms with Crippen LogP contribution in [0.15, 0.2) is 48.9 Å². The number of benzene rings is 1.